The zero-order valence-corrected chi connectivity index (χ0v) is 21.7. The third-order valence-electron chi connectivity index (χ3n) is 6.54. The Balaban J connectivity index is 1.42. The van der Waals surface area contributed by atoms with Crippen LogP contribution in [0, 0.1) is 17.5 Å². The van der Waals surface area contributed by atoms with E-state index >= 15 is 0 Å². The van der Waals surface area contributed by atoms with Crippen molar-refractivity contribution in [1.29, 1.82) is 0 Å². The molecule has 1 aliphatic rings. The van der Waals surface area contributed by atoms with E-state index in [2.05, 4.69) is 16.0 Å². The van der Waals surface area contributed by atoms with Gasteiger partial charge in [-0.1, -0.05) is 18.2 Å². The quantitative estimate of drug-likeness (QED) is 0.282. The number of amides is 2. The lowest BCUT2D eigenvalue weighted by Crippen LogP contribution is -2.49. The molecule has 0 aromatic heterocycles. The maximum absolute atomic E-state index is 14.9. The van der Waals surface area contributed by atoms with Crippen LogP contribution in [0.1, 0.15) is 17.5 Å². The van der Waals surface area contributed by atoms with E-state index in [1.54, 1.807) is 18.2 Å². The highest BCUT2D eigenvalue weighted by Crippen LogP contribution is 2.24. The van der Waals surface area contributed by atoms with Gasteiger partial charge in [0.15, 0.2) is 0 Å². The predicted molar refractivity (Wildman–Crippen MR) is 144 cm³/mol. The lowest BCUT2D eigenvalue weighted by atomic mass is 10.0. The molecule has 0 radical (unpaired) electrons. The van der Waals surface area contributed by atoms with Crippen molar-refractivity contribution in [1.82, 2.24) is 5.32 Å². The number of morpholine rings is 1. The van der Waals surface area contributed by atoms with Gasteiger partial charge in [0.05, 0.1) is 18.8 Å². The maximum atomic E-state index is 14.9. The third-order valence-corrected chi connectivity index (χ3v) is 6.54. The van der Waals surface area contributed by atoms with Crippen LogP contribution in [0.25, 0.3) is 0 Å². The zero-order chi connectivity index (χ0) is 28.5. The van der Waals surface area contributed by atoms with Gasteiger partial charge in [0.25, 0.3) is 0 Å². The number of primary amides is 1. The number of carbonyl (C=O) groups excluding carboxylic acids is 2. The lowest BCUT2D eigenvalue weighted by molar-refractivity contribution is -0.116. The molecule has 0 spiro atoms. The number of halogens is 3. The Bertz CT molecular complexity index is 1240. The molecule has 0 saturated carbocycles. The first-order valence-electron chi connectivity index (χ1n) is 12.9. The van der Waals surface area contributed by atoms with E-state index in [4.69, 9.17) is 15.2 Å². The summed E-state index contributed by atoms with van der Waals surface area (Å²) in [5, 5.41) is 9.14. The Morgan fingerprint density at radius 3 is 2.38 bits per heavy atom. The van der Waals surface area contributed by atoms with E-state index in [1.165, 1.54) is 48.5 Å². The van der Waals surface area contributed by atoms with Crippen molar-refractivity contribution in [3.63, 3.8) is 0 Å². The van der Waals surface area contributed by atoms with Crippen LogP contribution in [0.15, 0.2) is 66.7 Å². The van der Waals surface area contributed by atoms with Gasteiger partial charge in [-0.05, 0) is 66.9 Å². The molecule has 11 heteroatoms. The van der Waals surface area contributed by atoms with E-state index < -0.39 is 35.5 Å². The third kappa shape index (κ3) is 8.45. The van der Waals surface area contributed by atoms with Gasteiger partial charge in [0.1, 0.15) is 30.1 Å². The standard InChI is InChI=1S/C29H31F3N4O4/c30-19-6-4-18(5-7-19)14-27(35-21-10-8-20(31)9-11-21)28(37)36-26-3-1-2-25(32)24(26)13-12-23-15-34-22(16-39-23)17-40-29(33)38/h1-11,22-23,27,34-35H,12-17H2,(H2,33,38)(H,36,37)/t22-,23+,27-/m0/s1. The van der Waals surface area contributed by atoms with Crippen molar-refractivity contribution < 1.29 is 32.2 Å². The highest BCUT2D eigenvalue weighted by atomic mass is 19.1. The number of hydrogen-bond donors (Lipinski definition) is 4. The summed E-state index contributed by atoms with van der Waals surface area (Å²) in [5.41, 5.74) is 6.88. The van der Waals surface area contributed by atoms with Crippen molar-refractivity contribution in [3.8, 4) is 0 Å². The second-order valence-corrected chi connectivity index (χ2v) is 9.52. The average Bonchev–Trinajstić information content (AvgIpc) is 2.94. The minimum Gasteiger partial charge on any atom is -0.448 e. The van der Waals surface area contributed by atoms with Crippen molar-refractivity contribution in [3.05, 3.63) is 95.3 Å². The van der Waals surface area contributed by atoms with Gasteiger partial charge in [0.2, 0.25) is 5.91 Å². The Morgan fingerprint density at radius 2 is 1.73 bits per heavy atom. The zero-order valence-electron chi connectivity index (χ0n) is 21.7. The van der Waals surface area contributed by atoms with E-state index in [9.17, 15) is 22.8 Å². The van der Waals surface area contributed by atoms with Gasteiger partial charge in [0, 0.05) is 29.9 Å². The number of rotatable bonds is 11. The molecule has 3 atom stereocenters. The summed E-state index contributed by atoms with van der Waals surface area (Å²) in [7, 11) is 0. The highest BCUT2D eigenvalue weighted by Gasteiger charge is 2.24. The van der Waals surface area contributed by atoms with Gasteiger partial charge in [-0.15, -0.1) is 0 Å². The molecule has 2 amide bonds. The molecule has 0 bridgehead atoms. The Hall–Kier alpha value is -4.09. The van der Waals surface area contributed by atoms with E-state index in [-0.39, 0.29) is 25.2 Å². The first-order valence-corrected chi connectivity index (χ1v) is 12.9. The fraction of sp³-hybridized carbons (Fsp3) is 0.310. The number of benzene rings is 3. The van der Waals surface area contributed by atoms with E-state index in [0.29, 0.717) is 48.5 Å². The van der Waals surface area contributed by atoms with Crippen LogP contribution in [0.2, 0.25) is 0 Å². The fourth-order valence-corrected chi connectivity index (χ4v) is 4.41. The molecule has 0 unspecified atom stereocenters. The van der Waals surface area contributed by atoms with Crippen LogP contribution in [0.4, 0.5) is 29.3 Å². The lowest BCUT2D eigenvalue weighted by Gasteiger charge is -2.30. The molecule has 1 heterocycles. The summed E-state index contributed by atoms with van der Waals surface area (Å²) < 4.78 is 52.4. The smallest absolute Gasteiger partial charge is 0.404 e. The molecule has 1 saturated heterocycles. The number of ether oxygens (including phenoxy) is 2. The molecule has 40 heavy (non-hydrogen) atoms. The van der Waals surface area contributed by atoms with Crippen LogP contribution < -0.4 is 21.7 Å². The van der Waals surface area contributed by atoms with Gasteiger partial charge in [-0.25, -0.2) is 18.0 Å². The van der Waals surface area contributed by atoms with Crippen molar-refractivity contribution in [2.75, 3.05) is 30.4 Å². The van der Waals surface area contributed by atoms with Crippen LogP contribution in [0.5, 0.6) is 0 Å². The topological polar surface area (TPSA) is 115 Å². The predicted octanol–water partition coefficient (Wildman–Crippen LogP) is 4.15. The van der Waals surface area contributed by atoms with E-state index in [0.717, 1.165) is 0 Å². The Labute approximate surface area is 230 Å². The molecular weight excluding hydrogens is 525 g/mol. The number of anilines is 2. The Kier molecular flexibility index (Phi) is 9.98. The molecule has 5 N–H and O–H groups in total. The molecule has 1 aliphatic heterocycles. The molecule has 1 fully saturated rings. The average molecular weight is 557 g/mol. The van der Waals surface area contributed by atoms with E-state index in [1.807, 2.05) is 0 Å². The number of carbonyl (C=O) groups is 2. The van der Waals surface area contributed by atoms with Crippen molar-refractivity contribution in [2.24, 2.45) is 5.73 Å². The summed E-state index contributed by atoms with van der Waals surface area (Å²) in [4.78, 5) is 24.2. The van der Waals surface area contributed by atoms with Crippen LogP contribution in [0.3, 0.4) is 0 Å². The summed E-state index contributed by atoms with van der Waals surface area (Å²) in [6.07, 6.45) is -0.0840. The second kappa shape index (κ2) is 13.8. The van der Waals surface area contributed by atoms with Crippen LogP contribution >= 0.6 is 0 Å². The van der Waals surface area contributed by atoms with Gasteiger partial charge >= 0.3 is 6.09 Å². The number of nitrogens with two attached hydrogens (primary N) is 1. The fourth-order valence-electron chi connectivity index (χ4n) is 4.41. The van der Waals surface area contributed by atoms with Gasteiger partial charge in [-0.3, -0.25) is 4.79 Å². The molecule has 4 rings (SSSR count). The largest absolute Gasteiger partial charge is 0.448 e. The maximum Gasteiger partial charge on any atom is 0.404 e. The van der Waals surface area contributed by atoms with Gasteiger partial charge < -0.3 is 31.2 Å². The summed E-state index contributed by atoms with van der Waals surface area (Å²) >= 11 is 0. The summed E-state index contributed by atoms with van der Waals surface area (Å²) in [5.74, 6) is -1.71. The second-order valence-electron chi connectivity index (χ2n) is 9.52. The molecule has 212 valence electrons. The molecule has 3 aromatic rings. The normalized spacial score (nSPS) is 17.6. The summed E-state index contributed by atoms with van der Waals surface area (Å²) in [6.45, 7) is 0.875. The number of nitrogens with one attached hydrogen (secondary N) is 3. The Morgan fingerprint density at radius 1 is 1.02 bits per heavy atom. The molecular formula is C29H31F3N4O4. The number of hydrogen-bond acceptors (Lipinski definition) is 6. The minimum absolute atomic E-state index is 0.0938. The first-order chi connectivity index (χ1) is 19.3. The van der Waals surface area contributed by atoms with Gasteiger partial charge in [-0.2, -0.15) is 0 Å². The highest BCUT2D eigenvalue weighted by molar-refractivity contribution is 5.97. The minimum atomic E-state index is -0.856. The SMILES string of the molecule is NC(=O)OC[C@@H]1CO[C@H](CCc2c(F)cccc2NC(=O)[C@H](Cc2ccc(F)cc2)Nc2ccc(F)cc2)CN1. The molecule has 3 aromatic carbocycles. The van der Waals surface area contributed by atoms with Crippen molar-refractivity contribution in [2.45, 2.75) is 37.5 Å². The van der Waals surface area contributed by atoms with Crippen LogP contribution in [-0.2, 0) is 27.1 Å². The monoisotopic (exact) mass is 556 g/mol. The molecule has 0 aliphatic carbocycles. The molecule has 8 nitrogen and oxygen atoms in total. The van der Waals surface area contributed by atoms with Crippen LogP contribution in [-0.4, -0.2) is 49.9 Å². The first kappa shape index (κ1) is 28.9. The van der Waals surface area contributed by atoms with Crippen molar-refractivity contribution >= 4 is 23.4 Å². The summed E-state index contributed by atoms with van der Waals surface area (Å²) in [6, 6.07) is 14.8.